The van der Waals surface area contributed by atoms with Gasteiger partial charge >= 0.3 is 0 Å². The standard InChI is InChI=1S/C16H23N3/c1-13(2)10-17-11-16-8-5-9-19(16)12-15-7-4-6-14(3)18-15/h4-9,13,17H,10-12H2,1-3H3. The van der Waals surface area contributed by atoms with Gasteiger partial charge in [-0.05, 0) is 43.7 Å². The second-order valence-corrected chi connectivity index (χ2v) is 5.42. The van der Waals surface area contributed by atoms with Gasteiger partial charge in [0.05, 0.1) is 12.2 Å². The molecular formula is C16H23N3. The van der Waals surface area contributed by atoms with E-state index in [4.69, 9.17) is 0 Å². The molecule has 3 heteroatoms. The van der Waals surface area contributed by atoms with E-state index in [1.807, 2.05) is 13.0 Å². The van der Waals surface area contributed by atoms with Crippen molar-refractivity contribution in [3.05, 3.63) is 53.6 Å². The average Bonchev–Trinajstić information content (AvgIpc) is 2.76. The number of rotatable bonds is 6. The molecule has 0 aliphatic heterocycles. The van der Waals surface area contributed by atoms with Crippen LogP contribution in [0.2, 0.25) is 0 Å². The SMILES string of the molecule is Cc1cccc(Cn2cccc2CNCC(C)C)n1. The van der Waals surface area contributed by atoms with Gasteiger partial charge < -0.3 is 9.88 Å². The molecule has 0 unspecified atom stereocenters. The highest BCUT2D eigenvalue weighted by Gasteiger charge is 2.03. The summed E-state index contributed by atoms with van der Waals surface area (Å²) >= 11 is 0. The van der Waals surface area contributed by atoms with Crippen molar-refractivity contribution in [1.29, 1.82) is 0 Å². The van der Waals surface area contributed by atoms with Gasteiger partial charge in [-0.25, -0.2) is 0 Å². The van der Waals surface area contributed by atoms with Gasteiger partial charge in [-0.2, -0.15) is 0 Å². The lowest BCUT2D eigenvalue weighted by Gasteiger charge is -2.11. The van der Waals surface area contributed by atoms with Crippen molar-refractivity contribution < 1.29 is 0 Å². The van der Waals surface area contributed by atoms with Crippen LogP contribution in [0.15, 0.2) is 36.5 Å². The normalized spacial score (nSPS) is 11.2. The Kier molecular flexibility index (Phi) is 4.74. The first-order chi connectivity index (χ1) is 9.15. The first-order valence-electron chi connectivity index (χ1n) is 6.92. The van der Waals surface area contributed by atoms with E-state index in [-0.39, 0.29) is 0 Å². The molecule has 0 amide bonds. The van der Waals surface area contributed by atoms with Gasteiger partial charge in [-0.1, -0.05) is 19.9 Å². The third-order valence-electron chi connectivity index (χ3n) is 3.06. The van der Waals surface area contributed by atoms with Crippen LogP contribution in [-0.4, -0.2) is 16.1 Å². The Labute approximate surface area is 115 Å². The Bertz CT molecular complexity index is 514. The van der Waals surface area contributed by atoms with Crippen molar-refractivity contribution in [2.75, 3.05) is 6.54 Å². The van der Waals surface area contributed by atoms with Gasteiger partial charge in [-0.15, -0.1) is 0 Å². The number of aryl methyl sites for hydroxylation is 1. The molecule has 0 saturated heterocycles. The summed E-state index contributed by atoms with van der Waals surface area (Å²) in [6.45, 7) is 9.29. The molecule has 0 radical (unpaired) electrons. The minimum absolute atomic E-state index is 0.682. The maximum Gasteiger partial charge on any atom is 0.0645 e. The van der Waals surface area contributed by atoms with Crippen LogP contribution in [0.3, 0.4) is 0 Å². The topological polar surface area (TPSA) is 29.9 Å². The summed E-state index contributed by atoms with van der Waals surface area (Å²) in [6.07, 6.45) is 2.12. The third kappa shape index (κ3) is 4.21. The summed E-state index contributed by atoms with van der Waals surface area (Å²) in [5.41, 5.74) is 3.49. The molecule has 2 heterocycles. The Morgan fingerprint density at radius 1 is 1.21 bits per heavy atom. The summed E-state index contributed by atoms with van der Waals surface area (Å²) in [7, 11) is 0. The number of aromatic nitrogens is 2. The predicted octanol–water partition coefficient (Wildman–Crippen LogP) is 2.99. The fourth-order valence-electron chi connectivity index (χ4n) is 2.12. The van der Waals surface area contributed by atoms with Crippen LogP contribution < -0.4 is 5.32 Å². The van der Waals surface area contributed by atoms with E-state index in [0.29, 0.717) is 5.92 Å². The first-order valence-corrected chi connectivity index (χ1v) is 6.92. The van der Waals surface area contributed by atoms with Crippen LogP contribution in [-0.2, 0) is 13.1 Å². The van der Waals surface area contributed by atoms with Gasteiger partial charge in [0.15, 0.2) is 0 Å². The van der Waals surface area contributed by atoms with Crippen LogP contribution in [0.1, 0.15) is 30.9 Å². The van der Waals surface area contributed by atoms with Crippen LogP contribution in [0.4, 0.5) is 0 Å². The molecule has 1 N–H and O–H groups in total. The van der Waals surface area contributed by atoms with Crippen LogP contribution in [0, 0.1) is 12.8 Å². The van der Waals surface area contributed by atoms with E-state index < -0.39 is 0 Å². The Morgan fingerprint density at radius 2 is 2.05 bits per heavy atom. The van der Waals surface area contributed by atoms with Gasteiger partial charge in [0.1, 0.15) is 0 Å². The van der Waals surface area contributed by atoms with Gasteiger partial charge in [0.25, 0.3) is 0 Å². The molecule has 3 nitrogen and oxygen atoms in total. The number of nitrogens with zero attached hydrogens (tertiary/aromatic N) is 2. The Morgan fingerprint density at radius 3 is 2.79 bits per heavy atom. The number of nitrogens with one attached hydrogen (secondary N) is 1. The number of hydrogen-bond donors (Lipinski definition) is 1. The highest BCUT2D eigenvalue weighted by atomic mass is 15.0. The average molecular weight is 257 g/mol. The molecule has 0 aromatic carbocycles. The molecule has 0 saturated carbocycles. The predicted molar refractivity (Wildman–Crippen MR) is 79.1 cm³/mol. The molecule has 0 spiro atoms. The minimum Gasteiger partial charge on any atom is -0.344 e. The highest BCUT2D eigenvalue weighted by Crippen LogP contribution is 2.07. The summed E-state index contributed by atoms with van der Waals surface area (Å²) in [4.78, 5) is 4.56. The van der Waals surface area contributed by atoms with Crippen molar-refractivity contribution >= 4 is 0 Å². The molecule has 2 aromatic heterocycles. The largest absolute Gasteiger partial charge is 0.344 e. The molecular weight excluding hydrogens is 234 g/mol. The van der Waals surface area contributed by atoms with E-state index in [0.717, 1.165) is 31.0 Å². The summed E-state index contributed by atoms with van der Waals surface area (Å²) in [6, 6.07) is 10.5. The van der Waals surface area contributed by atoms with Crippen molar-refractivity contribution in [3.63, 3.8) is 0 Å². The first kappa shape index (κ1) is 13.8. The van der Waals surface area contributed by atoms with E-state index in [1.165, 1.54) is 5.69 Å². The summed E-state index contributed by atoms with van der Waals surface area (Å²) in [5, 5.41) is 3.48. The lowest BCUT2D eigenvalue weighted by Crippen LogP contribution is -2.21. The Hall–Kier alpha value is -1.61. The van der Waals surface area contributed by atoms with Crippen molar-refractivity contribution in [3.8, 4) is 0 Å². The Balaban J connectivity index is 1.99. The molecule has 0 aliphatic rings. The van der Waals surface area contributed by atoms with Gasteiger partial charge in [-0.3, -0.25) is 4.98 Å². The van der Waals surface area contributed by atoms with E-state index >= 15 is 0 Å². The minimum atomic E-state index is 0.682. The molecule has 19 heavy (non-hydrogen) atoms. The fraction of sp³-hybridized carbons (Fsp3) is 0.438. The van der Waals surface area contributed by atoms with Crippen molar-refractivity contribution in [2.45, 2.75) is 33.9 Å². The van der Waals surface area contributed by atoms with Crippen LogP contribution in [0.25, 0.3) is 0 Å². The molecule has 2 aromatic rings. The molecule has 2 rings (SSSR count). The van der Waals surface area contributed by atoms with E-state index in [1.54, 1.807) is 0 Å². The zero-order valence-electron chi connectivity index (χ0n) is 12.1. The summed E-state index contributed by atoms with van der Waals surface area (Å²) in [5.74, 6) is 0.682. The fourth-order valence-corrected chi connectivity index (χ4v) is 2.12. The second-order valence-electron chi connectivity index (χ2n) is 5.42. The summed E-state index contributed by atoms with van der Waals surface area (Å²) < 4.78 is 2.26. The zero-order valence-corrected chi connectivity index (χ0v) is 12.1. The molecule has 0 fully saturated rings. The second kappa shape index (κ2) is 6.53. The lowest BCUT2D eigenvalue weighted by molar-refractivity contribution is 0.538. The van der Waals surface area contributed by atoms with Gasteiger partial charge in [0.2, 0.25) is 0 Å². The van der Waals surface area contributed by atoms with Crippen molar-refractivity contribution in [2.24, 2.45) is 5.92 Å². The lowest BCUT2D eigenvalue weighted by atomic mass is 10.2. The number of hydrogen-bond acceptors (Lipinski definition) is 2. The molecule has 0 bridgehead atoms. The molecule has 102 valence electrons. The highest BCUT2D eigenvalue weighted by molar-refractivity contribution is 5.14. The van der Waals surface area contributed by atoms with E-state index in [2.05, 4.69) is 59.2 Å². The maximum absolute atomic E-state index is 4.56. The maximum atomic E-state index is 4.56. The van der Waals surface area contributed by atoms with Crippen molar-refractivity contribution in [1.82, 2.24) is 14.9 Å². The van der Waals surface area contributed by atoms with E-state index in [9.17, 15) is 0 Å². The zero-order chi connectivity index (χ0) is 13.7. The molecule has 0 atom stereocenters. The van der Waals surface area contributed by atoms with Crippen LogP contribution in [0.5, 0.6) is 0 Å². The number of pyridine rings is 1. The quantitative estimate of drug-likeness (QED) is 0.862. The molecule has 0 aliphatic carbocycles. The van der Waals surface area contributed by atoms with Gasteiger partial charge in [0, 0.05) is 24.1 Å². The smallest absolute Gasteiger partial charge is 0.0645 e. The van der Waals surface area contributed by atoms with Crippen LogP contribution >= 0.6 is 0 Å². The monoisotopic (exact) mass is 257 g/mol. The third-order valence-corrected chi connectivity index (χ3v) is 3.06.